The first-order valence-corrected chi connectivity index (χ1v) is 8.35. The molecule has 0 aromatic heterocycles. The number of ether oxygens (including phenoxy) is 2. The molecule has 1 aromatic rings. The van der Waals surface area contributed by atoms with Crippen LogP contribution in [0.25, 0.3) is 0 Å². The van der Waals surface area contributed by atoms with Crippen molar-refractivity contribution < 1.29 is 27.9 Å². The van der Waals surface area contributed by atoms with Gasteiger partial charge in [-0.2, -0.15) is 0 Å². The van der Waals surface area contributed by atoms with Crippen LogP contribution in [0.1, 0.15) is 24.2 Å². The highest BCUT2D eigenvalue weighted by Gasteiger charge is 2.29. The lowest BCUT2D eigenvalue weighted by molar-refractivity contribution is 0.100. The Morgan fingerprint density at radius 1 is 1.10 bits per heavy atom. The van der Waals surface area contributed by atoms with Gasteiger partial charge in [0, 0.05) is 6.07 Å². The molecule has 0 radical (unpaired) electrons. The van der Waals surface area contributed by atoms with Gasteiger partial charge in [-0.25, -0.2) is 0 Å². The Bertz CT molecular complexity index is 518. The van der Waals surface area contributed by atoms with Gasteiger partial charge < -0.3 is 18.5 Å². The molecule has 118 valence electrons. The molecule has 0 aliphatic carbocycles. The van der Waals surface area contributed by atoms with Crippen molar-refractivity contribution in [3.8, 4) is 11.5 Å². The summed E-state index contributed by atoms with van der Waals surface area (Å²) in [5.41, 5.74) is 0.318. The van der Waals surface area contributed by atoms with Crippen molar-refractivity contribution in [1.82, 2.24) is 0 Å². The Balaban J connectivity index is 3.00. The highest BCUT2D eigenvalue weighted by molar-refractivity contribution is 7.54. The molecule has 0 spiro atoms. The van der Waals surface area contributed by atoms with E-state index in [1.54, 1.807) is 32.0 Å². The van der Waals surface area contributed by atoms with Crippen molar-refractivity contribution in [1.29, 1.82) is 0 Å². The second kappa shape index (κ2) is 8.17. The maximum absolute atomic E-state index is 12.4. The summed E-state index contributed by atoms with van der Waals surface area (Å²) in [6.45, 7) is 3.82. The number of hydrogen-bond acceptors (Lipinski definition) is 6. The summed E-state index contributed by atoms with van der Waals surface area (Å²) in [5, 5.41) is 0. The van der Waals surface area contributed by atoms with Crippen LogP contribution in [-0.4, -0.2) is 39.4 Å². The van der Waals surface area contributed by atoms with Crippen molar-refractivity contribution in [2.75, 3.05) is 33.6 Å². The zero-order valence-electron chi connectivity index (χ0n) is 12.8. The molecule has 0 atom stereocenters. The summed E-state index contributed by atoms with van der Waals surface area (Å²) in [6.07, 6.45) is -0.322. The van der Waals surface area contributed by atoms with Gasteiger partial charge in [-0.05, 0) is 26.0 Å². The van der Waals surface area contributed by atoms with Gasteiger partial charge in [0.2, 0.25) is 0 Å². The van der Waals surface area contributed by atoms with E-state index in [-0.39, 0.29) is 25.2 Å². The number of benzene rings is 1. The molecular formula is C14H21O6P. The molecule has 21 heavy (non-hydrogen) atoms. The van der Waals surface area contributed by atoms with Crippen molar-refractivity contribution in [2.45, 2.75) is 13.8 Å². The van der Waals surface area contributed by atoms with Crippen LogP contribution in [0.15, 0.2) is 18.2 Å². The van der Waals surface area contributed by atoms with E-state index in [0.29, 0.717) is 17.1 Å². The molecule has 0 fully saturated rings. The molecule has 0 unspecified atom stereocenters. The average molecular weight is 316 g/mol. The SMILES string of the molecule is CCOP(=O)(CC(=O)c1ccc(OC)cc1OC)OCC. The summed E-state index contributed by atoms with van der Waals surface area (Å²) in [5.74, 6) is 0.569. The quantitative estimate of drug-likeness (QED) is 0.515. The first-order valence-electron chi connectivity index (χ1n) is 6.63. The van der Waals surface area contributed by atoms with Gasteiger partial charge in [0.1, 0.15) is 17.7 Å². The van der Waals surface area contributed by atoms with Crippen LogP contribution in [-0.2, 0) is 13.6 Å². The summed E-state index contributed by atoms with van der Waals surface area (Å²) in [4.78, 5) is 12.3. The van der Waals surface area contributed by atoms with Gasteiger partial charge >= 0.3 is 7.60 Å². The fourth-order valence-electron chi connectivity index (χ4n) is 1.81. The molecule has 0 saturated heterocycles. The Kier molecular flexibility index (Phi) is 6.89. The summed E-state index contributed by atoms with van der Waals surface area (Å²) >= 11 is 0. The molecule has 0 bridgehead atoms. The van der Waals surface area contributed by atoms with E-state index in [0.717, 1.165) is 0 Å². The van der Waals surface area contributed by atoms with Crippen molar-refractivity contribution in [2.24, 2.45) is 0 Å². The van der Waals surface area contributed by atoms with Gasteiger partial charge in [0.15, 0.2) is 5.78 Å². The van der Waals surface area contributed by atoms with E-state index in [4.69, 9.17) is 18.5 Å². The molecule has 0 aliphatic heterocycles. The number of methoxy groups -OCH3 is 2. The first kappa shape index (κ1) is 17.7. The summed E-state index contributed by atoms with van der Waals surface area (Å²) in [6, 6.07) is 4.81. The van der Waals surface area contributed by atoms with Crippen LogP contribution in [0.2, 0.25) is 0 Å². The third-order valence-electron chi connectivity index (χ3n) is 2.70. The lowest BCUT2D eigenvalue weighted by atomic mass is 10.1. The monoisotopic (exact) mass is 316 g/mol. The number of ketones is 1. The fraction of sp³-hybridized carbons (Fsp3) is 0.500. The second-order valence-electron chi connectivity index (χ2n) is 4.09. The molecule has 0 aliphatic rings. The molecule has 0 amide bonds. The predicted molar refractivity (Wildman–Crippen MR) is 79.6 cm³/mol. The second-order valence-corrected chi connectivity index (χ2v) is 6.15. The number of carbonyl (C=O) groups excluding carboxylic acids is 1. The number of carbonyl (C=O) groups is 1. The molecule has 0 saturated carbocycles. The van der Waals surface area contributed by atoms with Crippen molar-refractivity contribution in [3.63, 3.8) is 0 Å². The Labute approximate surface area is 124 Å². The topological polar surface area (TPSA) is 71.1 Å². The first-order chi connectivity index (χ1) is 9.99. The summed E-state index contributed by atoms with van der Waals surface area (Å²) < 4.78 is 32.9. The highest BCUT2D eigenvalue weighted by atomic mass is 31.2. The number of hydrogen-bond donors (Lipinski definition) is 0. The molecular weight excluding hydrogens is 295 g/mol. The molecule has 0 heterocycles. The van der Waals surface area contributed by atoms with Gasteiger partial charge in [-0.15, -0.1) is 0 Å². The van der Waals surface area contributed by atoms with Gasteiger partial charge in [0.05, 0.1) is 33.0 Å². The predicted octanol–water partition coefficient (Wildman–Crippen LogP) is 3.15. The van der Waals surface area contributed by atoms with Crippen LogP contribution < -0.4 is 9.47 Å². The maximum atomic E-state index is 12.4. The van der Waals surface area contributed by atoms with Crippen LogP contribution in [0.3, 0.4) is 0 Å². The highest BCUT2D eigenvalue weighted by Crippen LogP contribution is 2.48. The molecule has 1 rings (SSSR count). The molecule has 0 N–H and O–H groups in total. The van der Waals surface area contributed by atoms with E-state index in [1.165, 1.54) is 14.2 Å². The minimum Gasteiger partial charge on any atom is -0.497 e. The van der Waals surface area contributed by atoms with E-state index < -0.39 is 7.60 Å². The van der Waals surface area contributed by atoms with Crippen molar-refractivity contribution >= 4 is 13.4 Å². The van der Waals surface area contributed by atoms with Crippen molar-refractivity contribution in [3.05, 3.63) is 23.8 Å². The van der Waals surface area contributed by atoms with Crippen LogP contribution in [0.4, 0.5) is 0 Å². The fourth-order valence-corrected chi connectivity index (χ4v) is 3.38. The van der Waals surface area contributed by atoms with Crippen LogP contribution in [0, 0.1) is 0 Å². The van der Waals surface area contributed by atoms with E-state index >= 15 is 0 Å². The van der Waals surface area contributed by atoms with E-state index in [2.05, 4.69) is 0 Å². The van der Waals surface area contributed by atoms with Gasteiger partial charge in [-0.3, -0.25) is 9.36 Å². The average Bonchev–Trinajstić information content (AvgIpc) is 2.46. The Morgan fingerprint density at radius 2 is 1.71 bits per heavy atom. The molecule has 6 nitrogen and oxygen atoms in total. The Morgan fingerprint density at radius 3 is 2.19 bits per heavy atom. The third kappa shape index (κ3) is 4.84. The van der Waals surface area contributed by atoms with E-state index in [9.17, 15) is 9.36 Å². The smallest absolute Gasteiger partial charge is 0.338 e. The Hall–Kier alpha value is -1.36. The summed E-state index contributed by atoms with van der Waals surface area (Å²) in [7, 11) is -0.449. The maximum Gasteiger partial charge on any atom is 0.338 e. The molecule has 7 heteroatoms. The van der Waals surface area contributed by atoms with Crippen LogP contribution in [0.5, 0.6) is 11.5 Å². The zero-order valence-corrected chi connectivity index (χ0v) is 13.6. The largest absolute Gasteiger partial charge is 0.497 e. The number of rotatable bonds is 9. The zero-order chi connectivity index (χ0) is 15.9. The van der Waals surface area contributed by atoms with Gasteiger partial charge in [-0.1, -0.05) is 0 Å². The lowest BCUT2D eigenvalue weighted by Gasteiger charge is -2.17. The minimum atomic E-state index is -3.43. The normalized spacial score (nSPS) is 11.2. The lowest BCUT2D eigenvalue weighted by Crippen LogP contribution is -2.11. The van der Waals surface area contributed by atoms with Gasteiger partial charge in [0.25, 0.3) is 0 Å². The minimum absolute atomic E-state index is 0.213. The molecule has 1 aromatic carbocycles. The number of Topliss-reactive ketones (excluding diaryl/α,β-unsaturated/α-hetero) is 1. The van der Waals surface area contributed by atoms with E-state index in [1.807, 2.05) is 0 Å². The standard InChI is InChI=1S/C14H21O6P/c1-5-19-21(16,20-6-2)10-13(15)12-8-7-11(17-3)9-14(12)18-4/h7-9H,5-6,10H2,1-4H3. The van der Waals surface area contributed by atoms with Crippen LogP contribution >= 0.6 is 7.60 Å². The third-order valence-corrected chi connectivity index (χ3v) is 4.68.